The molecule has 1 aliphatic rings. The first-order valence-corrected chi connectivity index (χ1v) is 9.38. The van der Waals surface area contributed by atoms with E-state index in [0.29, 0.717) is 0 Å². The molecular formula is C21H19N2O2S+. The second kappa shape index (κ2) is 6.84. The number of para-hydroxylation sites is 2. The van der Waals surface area contributed by atoms with Crippen LogP contribution < -0.4 is 9.47 Å². The Kier molecular flexibility index (Phi) is 4.39. The van der Waals surface area contributed by atoms with E-state index >= 15 is 0 Å². The molecule has 130 valence electrons. The Labute approximate surface area is 156 Å². The molecule has 2 aromatic carbocycles. The Bertz CT molecular complexity index is 1030. The second-order valence-electron chi connectivity index (χ2n) is 6.09. The number of aromatic nitrogens is 1. The average Bonchev–Trinajstić information content (AvgIpc) is 2.98. The summed E-state index contributed by atoms with van der Waals surface area (Å²) < 4.78 is 2.25. The van der Waals surface area contributed by atoms with Crippen LogP contribution in [0, 0.1) is 0 Å². The van der Waals surface area contributed by atoms with Crippen molar-refractivity contribution in [3.8, 4) is 0 Å². The fraction of sp³-hybridized carbons (Fsp3) is 0.143. The van der Waals surface area contributed by atoms with Crippen LogP contribution in [0.4, 0.5) is 5.69 Å². The third kappa shape index (κ3) is 2.95. The van der Waals surface area contributed by atoms with E-state index in [-0.39, 0.29) is 6.54 Å². The number of benzene rings is 2. The molecular weight excluding hydrogens is 344 g/mol. The van der Waals surface area contributed by atoms with Crippen LogP contribution in [0.3, 0.4) is 0 Å². The third-order valence-corrected chi connectivity index (χ3v) is 5.60. The van der Waals surface area contributed by atoms with Gasteiger partial charge in [-0.2, -0.15) is 4.57 Å². The summed E-state index contributed by atoms with van der Waals surface area (Å²) in [5.74, 6) is -0.838. The summed E-state index contributed by atoms with van der Waals surface area (Å²) in [6.45, 7) is 2.92. The lowest BCUT2D eigenvalue weighted by atomic mass is 10.2. The van der Waals surface area contributed by atoms with E-state index < -0.39 is 5.97 Å². The van der Waals surface area contributed by atoms with Crippen molar-refractivity contribution < 1.29 is 14.5 Å². The van der Waals surface area contributed by atoms with Crippen LogP contribution in [0.1, 0.15) is 12.6 Å². The minimum absolute atomic E-state index is 0.0461. The van der Waals surface area contributed by atoms with Crippen LogP contribution in [0.2, 0.25) is 0 Å². The Morgan fingerprint density at radius 2 is 1.88 bits per heavy atom. The van der Waals surface area contributed by atoms with E-state index in [2.05, 4.69) is 41.8 Å². The first-order valence-electron chi connectivity index (χ1n) is 8.57. The maximum absolute atomic E-state index is 11.4. The normalized spacial score (nSPS) is 14.8. The molecule has 4 nitrogen and oxygen atoms in total. The molecule has 1 aliphatic heterocycles. The van der Waals surface area contributed by atoms with Crippen molar-refractivity contribution in [3.63, 3.8) is 0 Å². The van der Waals surface area contributed by atoms with Gasteiger partial charge in [0.1, 0.15) is 13.1 Å². The Hall–Kier alpha value is -2.79. The first kappa shape index (κ1) is 16.7. The zero-order chi connectivity index (χ0) is 18.1. The molecule has 0 saturated heterocycles. The van der Waals surface area contributed by atoms with Crippen molar-refractivity contribution in [1.29, 1.82) is 0 Å². The van der Waals surface area contributed by atoms with Crippen molar-refractivity contribution in [3.05, 3.63) is 71.4 Å². The SMILES string of the molecule is CC[n+]1c(C=C2Sc3ccccc3N2CC(=O)O)ccc2ccccc21. The number of carboxylic acid groups (broad SMARTS) is 1. The van der Waals surface area contributed by atoms with E-state index in [0.717, 1.165) is 27.9 Å². The standard InChI is InChI=1S/C21H18N2O2S/c1-2-22-16(12-11-15-7-3-4-8-17(15)22)13-20-23(14-21(24)25)18-9-5-6-10-19(18)26-20/h3-13H,2,14H2,1H3/p+1. The summed E-state index contributed by atoms with van der Waals surface area (Å²) >= 11 is 1.62. The molecule has 26 heavy (non-hydrogen) atoms. The van der Waals surface area contributed by atoms with Gasteiger partial charge in [-0.1, -0.05) is 36.0 Å². The molecule has 0 unspecified atom stereocenters. The molecule has 0 fully saturated rings. The Morgan fingerprint density at radius 1 is 1.12 bits per heavy atom. The smallest absolute Gasteiger partial charge is 0.323 e. The lowest BCUT2D eigenvalue weighted by Crippen LogP contribution is -2.37. The van der Waals surface area contributed by atoms with Crippen LogP contribution in [-0.2, 0) is 11.3 Å². The number of rotatable bonds is 4. The molecule has 5 heteroatoms. The van der Waals surface area contributed by atoms with Crippen LogP contribution in [0.5, 0.6) is 0 Å². The number of anilines is 1. The molecule has 4 rings (SSSR count). The van der Waals surface area contributed by atoms with Gasteiger partial charge < -0.3 is 10.0 Å². The zero-order valence-corrected chi connectivity index (χ0v) is 15.2. The van der Waals surface area contributed by atoms with Gasteiger partial charge in [0.2, 0.25) is 11.2 Å². The topological polar surface area (TPSA) is 44.4 Å². The van der Waals surface area contributed by atoms with Crippen molar-refractivity contribution >= 4 is 40.4 Å². The number of carbonyl (C=O) groups is 1. The fourth-order valence-corrected chi connectivity index (χ4v) is 4.45. The average molecular weight is 363 g/mol. The minimum Gasteiger partial charge on any atom is -0.480 e. The Balaban J connectivity index is 1.83. The number of hydrogen-bond donors (Lipinski definition) is 1. The zero-order valence-electron chi connectivity index (χ0n) is 14.4. The summed E-state index contributed by atoms with van der Waals surface area (Å²) in [5, 5.41) is 11.5. The van der Waals surface area contributed by atoms with E-state index in [1.165, 1.54) is 10.9 Å². The van der Waals surface area contributed by atoms with E-state index in [1.807, 2.05) is 41.3 Å². The second-order valence-corrected chi connectivity index (χ2v) is 7.16. The lowest BCUT2D eigenvalue weighted by molar-refractivity contribution is -0.669. The van der Waals surface area contributed by atoms with Gasteiger partial charge in [0.25, 0.3) is 0 Å². The maximum Gasteiger partial charge on any atom is 0.323 e. The van der Waals surface area contributed by atoms with Gasteiger partial charge in [0, 0.05) is 28.5 Å². The summed E-state index contributed by atoms with van der Waals surface area (Å²) in [5.41, 5.74) is 3.20. The number of carboxylic acids is 1. The summed E-state index contributed by atoms with van der Waals surface area (Å²) in [6.07, 6.45) is 2.09. The predicted molar refractivity (Wildman–Crippen MR) is 105 cm³/mol. The highest BCUT2D eigenvalue weighted by Gasteiger charge is 2.27. The molecule has 3 aromatic rings. The minimum atomic E-state index is -0.838. The highest BCUT2D eigenvalue weighted by molar-refractivity contribution is 8.03. The first-order chi connectivity index (χ1) is 12.7. The largest absolute Gasteiger partial charge is 0.480 e. The quantitative estimate of drug-likeness (QED) is 0.708. The van der Waals surface area contributed by atoms with Crippen molar-refractivity contribution in [2.45, 2.75) is 18.4 Å². The van der Waals surface area contributed by atoms with Crippen LogP contribution in [0.15, 0.2) is 70.6 Å². The number of aliphatic carboxylic acids is 1. The fourth-order valence-electron chi connectivity index (χ4n) is 3.34. The van der Waals surface area contributed by atoms with Gasteiger partial charge in [-0.15, -0.1) is 0 Å². The molecule has 1 aromatic heterocycles. The molecule has 2 heterocycles. The predicted octanol–water partition coefficient (Wildman–Crippen LogP) is 4.14. The maximum atomic E-state index is 11.4. The molecule has 0 saturated carbocycles. The number of pyridine rings is 1. The van der Waals surface area contributed by atoms with Crippen molar-refractivity contribution in [2.75, 3.05) is 11.4 Å². The van der Waals surface area contributed by atoms with E-state index in [1.54, 1.807) is 11.8 Å². The molecule has 0 spiro atoms. The number of hydrogen-bond acceptors (Lipinski definition) is 3. The monoisotopic (exact) mass is 363 g/mol. The van der Waals surface area contributed by atoms with Gasteiger partial charge in [0.05, 0.1) is 10.7 Å². The number of thioether (sulfide) groups is 1. The van der Waals surface area contributed by atoms with Crippen LogP contribution >= 0.6 is 11.8 Å². The van der Waals surface area contributed by atoms with Gasteiger partial charge in [-0.3, -0.25) is 4.79 Å². The van der Waals surface area contributed by atoms with E-state index in [9.17, 15) is 9.90 Å². The van der Waals surface area contributed by atoms with Gasteiger partial charge >= 0.3 is 5.97 Å². The number of aryl methyl sites for hydroxylation is 1. The molecule has 0 bridgehead atoms. The highest BCUT2D eigenvalue weighted by atomic mass is 32.2. The lowest BCUT2D eigenvalue weighted by Gasteiger charge is -2.17. The van der Waals surface area contributed by atoms with Crippen molar-refractivity contribution in [1.82, 2.24) is 0 Å². The van der Waals surface area contributed by atoms with Gasteiger partial charge in [-0.05, 0) is 31.2 Å². The molecule has 1 N–H and O–H groups in total. The van der Waals surface area contributed by atoms with Crippen LogP contribution in [0.25, 0.3) is 17.0 Å². The van der Waals surface area contributed by atoms with E-state index in [4.69, 9.17) is 0 Å². The Morgan fingerprint density at radius 3 is 2.69 bits per heavy atom. The number of fused-ring (bicyclic) bond motifs is 2. The molecule has 0 amide bonds. The summed E-state index contributed by atoms with van der Waals surface area (Å²) in [4.78, 5) is 14.3. The molecule has 0 radical (unpaired) electrons. The molecule has 0 aliphatic carbocycles. The highest BCUT2D eigenvalue weighted by Crippen LogP contribution is 2.46. The van der Waals surface area contributed by atoms with Crippen molar-refractivity contribution in [2.24, 2.45) is 0 Å². The third-order valence-electron chi connectivity index (χ3n) is 4.49. The van der Waals surface area contributed by atoms with Gasteiger partial charge in [-0.25, -0.2) is 0 Å². The van der Waals surface area contributed by atoms with Crippen LogP contribution in [-0.4, -0.2) is 17.6 Å². The summed E-state index contributed by atoms with van der Waals surface area (Å²) in [6, 6.07) is 20.5. The summed E-state index contributed by atoms with van der Waals surface area (Å²) in [7, 11) is 0. The van der Waals surface area contributed by atoms with Gasteiger partial charge in [0.15, 0.2) is 0 Å². The number of nitrogens with zero attached hydrogens (tertiary/aromatic N) is 2. The molecule has 0 atom stereocenters.